The number of ether oxygens (including phenoxy) is 1. The summed E-state index contributed by atoms with van der Waals surface area (Å²) in [6.45, 7) is 1.88. The number of anilines is 1. The van der Waals surface area contributed by atoms with Crippen LogP contribution in [0.15, 0.2) is 40.9 Å². The molecule has 0 aliphatic heterocycles. The van der Waals surface area contributed by atoms with Crippen LogP contribution in [0.2, 0.25) is 0 Å². The molecule has 0 heterocycles. The van der Waals surface area contributed by atoms with Crippen molar-refractivity contribution >= 4 is 27.6 Å². The van der Waals surface area contributed by atoms with Gasteiger partial charge in [-0.2, -0.15) is 0 Å². The molecule has 0 spiro atoms. The van der Waals surface area contributed by atoms with Crippen LogP contribution in [0, 0.1) is 12.7 Å². The molecule has 5 heteroatoms. The van der Waals surface area contributed by atoms with Gasteiger partial charge in [0.05, 0.1) is 10.0 Å². The summed E-state index contributed by atoms with van der Waals surface area (Å²) in [7, 11) is 0. The fourth-order valence-electron chi connectivity index (χ4n) is 1.77. The zero-order valence-electron chi connectivity index (χ0n) is 10.8. The summed E-state index contributed by atoms with van der Waals surface area (Å²) in [5.41, 5.74) is 8.17. The normalized spacial score (nSPS) is 10.3. The molecule has 0 aliphatic rings. The molecule has 0 atom stereocenters. The SMILES string of the molecule is Cc1cc(N)ccc1C(=O)OCc1ccc(F)c(Br)c1. The van der Waals surface area contributed by atoms with Crippen LogP contribution >= 0.6 is 15.9 Å². The largest absolute Gasteiger partial charge is 0.457 e. The van der Waals surface area contributed by atoms with E-state index in [2.05, 4.69) is 15.9 Å². The van der Waals surface area contributed by atoms with Crippen molar-refractivity contribution in [3.63, 3.8) is 0 Å². The van der Waals surface area contributed by atoms with E-state index >= 15 is 0 Å². The van der Waals surface area contributed by atoms with Crippen LogP contribution < -0.4 is 5.73 Å². The summed E-state index contributed by atoms with van der Waals surface area (Å²) >= 11 is 3.09. The molecule has 0 bridgehead atoms. The monoisotopic (exact) mass is 337 g/mol. The Labute approximate surface area is 124 Å². The molecule has 2 aromatic rings. The third kappa shape index (κ3) is 3.36. The average molecular weight is 338 g/mol. The molecule has 2 N–H and O–H groups in total. The zero-order valence-corrected chi connectivity index (χ0v) is 12.4. The van der Waals surface area contributed by atoms with Crippen molar-refractivity contribution in [2.75, 3.05) is 5.73 Å². The van der Waals surface area contributed by atoms with Gasteiger partial charge in [-0.05, 0) is 64.3 Å². The van der Waals surface area contributed by atoms with E-state index < -0.39 is 5.97 Å². The smallest absolute Gasteiger partial charge is 0.338 e. The number of rotatable bonds is 3. The van der Waals surface area contributed by atoms with Gasteiger partial charge in [0.2, 0.25) is 0 Å². The van der Waals surface area contributed by atoms with Crippen LogP contribution in [0.3, 0.4) is 0 Å². The highest BCUT2D eigenvalue weighted by Gasteiger charge is 2.11. The van der Waals surface area contributed by atoms with Gasteiger partial charge < -0.3 is 10.5 Å². The second-order valence-electron chi connectivity index (χ2n) is 4.40. The summed E-state index contributed by atoms with van der Waals surface area (Å²) in [5.74, 6) is -0.780. The topological polar surface area (TPSA) is 52.3 Å². The van der Waals surface area contributed by atoms with Crippen molar-refractivity contribution in [2.24, 2.45) is 0 Å². The quantitative estimate of drug-likeness (QED) is 0.683. The summed E-state index contributed by atoms with van der Waals surface area (Å²) in [5, 5.41) is 0. The lowest BCUT2D eigenvalue weighted by Gasteiger charge is -2.08. The molecule has 0 saturated carbocycles. The average Bonchev–Trinajstić information content (AvgIpc) is 2.40. The molecule has 0 aliphatic carbocycles. The first-order valence-corrected chi connectivity index (χ1v) is 6.74. The van der Waals surface area contributed by atoms with E-state index in [0.29, 0.717) is 21.3 Å². The molecular formula is C15H13BrFNO2. The second-order valence-corrected chi connectivity index (χ2v) is 5.25. The lowest BCUT2D eigenvalue weighted by Crippen LogP contribution is -2.07. The minimum atomic E-state index is -0.428. The number of hydrogen-bond acceptors (Lipinski definition) is 3. The summed E-state index contributed by atoms with van der Waals surface area (Å²) < 4.78 is 18.6. The van der Waals surface area contributed by atoms with Crippen LogP contribution in [0.25, 0.3) is 0 Å². The van der Waals surface area contributed by atoms with Crippen molar-refractivity contribution < 1.29 is 13.9 Å². The Bertz CT molecular complexity index is 658. The molecule has 0 unspecified atom stereocenters. The van der Waals surface area contributed by atoms with Gasteiger partial charge in [0.25, 0.3) is 0 Å². The summed E-state index contributed by atoms with van der Waals surface area (Å²) in [4.78, 5) is 12.0. The Kier molecular flexibility index (Phi) is 4.39. The molecule has 0 radical (unpaired) electrons. The van der Waals surface area contributed by atoms with Gasteiger partial charge in [-0.25, -0.2) is 9.18 Å². The van der Waals surface area contributed by atoms with Gasteiger partial charge in [-0.3, -0.25) is 0 Å². The highest BCUT2D eigenvalue weighted by atomic mass is 79.9. The van der Waals surface area contributed by atoms with E-state index in [0.717, 1.165) is 5.56 Å². The third-order valence-corrected chi connectivity index (χ3v) is 3.43. The Morgan fingerprint density at radius 1 is 1.30 bits per heavy atom. The maximum Gasteiger partial charge on any atom is 0.338 e. The number of esters is 1. The number of carbonyl (C=O) groups is 1. The molecule has 2 aromatic carbocycles. The maximum absolute atomic E-state index is 13.1. The highest BCUT2D eigenvalue weighted by Crippen LogP contribution is 2.18. The standard InChI is InChI=1S/C15H13BrFNO2/c1-9-6-11(18)3-4-12(9)15(19)20-8-10-2-5-14(17)13(16)7-10/h2-7H,8,18H2,1H3. The lowest BCUT2D eigenvalue weighted by molar-refractivity contribution is 0.0472. The molecular weight excluding hydrogens is 325 g/mol. The van der Waals surface area contributed by atoms with Gasteiger partial charge in [-0.15, -0.1) is 0 Å². The van der Waals surface area contributed by atoms with Crippen molar-refractivity contribution in [3.05, 3.63) is 63.4 Å². The van der Waals surface area contributed by atoms with Gasteiger partial charge >= 0.3 is 5.97 Å². The molecule has 0 fully saturated rings. The predicted octanol–water partition coefficient (Wildman–Crippen LogP) is 3.84. The Morgan fingerprint density at radius 2 is 2.05 bits per heavy atom. The van der Waals surface area contributed by atoms with Gasteiger partial charge in [0, 0.05) is 5.69 Å². The minimum Gasteiger partial charge on any atom is -0.457 e. The summed E-state index contributed by atoms with van der Waals surface area (Å²) in [6.07, 6.45) is 0. The Morgan fingerprint density at radius 3 is 2.70 bits per heavy atom. The van der Waals surface area contributed by atoms with Crippen molar-refractivity contribution in [3.8, 4) is 0 Å². The number of halogens is 2. The maximum atomic E-state index is 13.1. The van der Waals surface area contributed by atoms with Crippen LogP contribution in [-0.2, 0) is 11.3 Å². The Balaban J connectivity index is 2.06. The van der Waals surface area contributed by atoms with Crippen LogP contribution in [0.1, 0.15) is 21.5 Å². The molecule has 20 heavy (non-hydrogen) atoms. The Hall–Kier alpha value is -1.88. The first kappa shape index (κ1) is 14.5. The number of carbonyl (C=O) groups excluding carboxylic acids is 1. The summed E-state index contributed by atoms with van der Waals surface area (Å²) in [6, 6.07) is 9.47. The molecule has 0 amide bonds. The van der Waals surface area contributed by atoms with E-state index in [1.807, 2.05) is 0 Å². The second kappa shape index (κ2) is 6.05. The first-order chi connectivity index (χ1) is 9.47. The molecule has 0 saturated heterocycles. The molecule has 0 aromatic heterocycles. The van der Waals surface area contributed by atoms with E-state index in [4.69, 9.17) is 10.5 Å². The first-order valence-electron chi connectivity index (χ1n) is 5.94. The predicted molar refractivity (Wildman–Crippen MR) is 78.8 cm³/mol. The number of nitrogen functional groups attached to an aromatic ring is 1. The lowest BCUT2D eigenvalue weighted by atomic mass is 10.1. The fraction of sp³-hybridized carbons (Fsp3) is 0.133. The number of aryl methyl sites for hydroxylation is 1. The molecule has 2 rings (SSSR count). The van der Waals surface area contributed by atoms with E-state index in [9.17, 15) is 9.18 Å². The van der Waals surface area contributed by atoms with Crippen molar-refractivity contribution in [2.45, 2.75) is 13.5 Å². The van der Waals surface area contributed by atoms with Crippen LogP contribution in [0.4, 0.5) is 10.1 Å². The van der Waals surface area contributed by atoms with E-state index in [1.54, 1.807) is 37.3 Å². The minimum absolute atomic E-state index is 0.0849. The van der Waals surface area contributed by atoms with Gasteiger partial charge in [-0.1, -0.05) is 6.07 Å². The van der Waals surface area contributed by atoms with Gasteiger partial charge in [0.15, 0.2) is 0 Å². The molecule has 104 valence electrons. The zero-order chi connectivity index (χ0) is 14.7. The van der Waals surface area contributed by atoms with Crippen molar-refractivity contribution in [1.82, 2.24) is 0 Å². The number of benzene rings is 2. The van der Waals surface area contributed by atoms with Crippen molar-refractivity contribution in [1.29, 1.82) is 0 Å². The van der Waals surface area contributed by atoms with E-state index in [-0.39, 0.29) is 12.4 Å². The van der Waals surface area contributed by atoms with E-state index in [1.165, 1.54) is 6.07 Å². The highest BCUT2D eigenvalue weighted by molar-refractivity contribution is 9.10. The third-order valence-electron chi connectivity index (χ3n) is 2.82. The fourth-order valence-corrected chi connectivity index (χ4v) is 2.20. The number of hydrogen-bond donors (Lipinski definition) is 1. The van der Waals surface area contributed by atoms with Crippen LogP contribution in [0.5, 0.6) is 0 Å². The van der Waals surface area contributed by atoms with Gasteiger partial charge in [0.1, 0.15) is 12.4 Å². The number of nitrogens with two attached hydrogens (primary N) is 1. The van der Waals surface area contributed by atoms with Crippen LogP contribution in [-0.4, -0.2) is 5.97 Å². The molecule has 3 nitrogen and oxygen atoms in total.